The number of hydrogen-bond acceptors (Lipinski definition) is 5. The molecule has 4 nitrogen and oxygen atoms in total. The zero-order chi connectivity index (χ0) is 12.7. The minimum atomic E-state index is -0.376. The summed E-state index contributed by atoms with van der Waals surface area (Å²) in [7, 11) is 1.56. The Bertz CT molecular complexity index is 386. The second-order valence-electron chi connectivity index (χ2n) is 3.11. The maximum Gasteiger partial charge on any atom is 0.316 e. The molecule has 0 aliphatic rings. The first-order valence-corrected chi connectivity index (χ1v) is 6.12. The Hall–Kier alpha value is -1.49. The molecule has 17 heavy (non-hydrogen) atoms. The lowest BCUT2D eigenvalue weighted by molar-refractivity contribution is -0.139. The number of thioether (sulfide) groups is 1. The van der Waals surface area contributed by atoms with E-state index < -0.39 is 0 Å². The zero-order valence-corrected chi connectivity index (χ0v) is 10.6. The molecule has 1 rings (SSSR count). The summed E-state index contributed by atoms with van der Waals surface area (Å²) < 4.78 is 9.72. The van der Waals surface area contributed by atoms with Gasteiger partial charge in [0.1, 0.15) is 5.75 Å². The van der Waals surface area contributed by atoms with Gasteiger partial charge in [-0.3, -0.25) is 9.59 Å². The van der Waals surface area contributed by atoms with Crippen LogP contribution in [-0.2, 0) is 9.53 Å². The molecule has 1 aromatic carbocycles. The Morgan fingerprint density at radius 1 is 1.24 bits per heavy atom. The van der Waals surface area contributed by atoms with Gasteiger partial charge in [-0.2, -0.15) is 0 Å². The summed E-state index contributed by atoms with van der Waals surface area (Å²) in [4.78, 5) is 22.7. The first-order valence-electron chi connectivity index (χ1n) is 5.14. The second kappa shape index (κ2) is 6.96. The van der Waals surface area contributed by atoms with Crippen LogP contribution in [0.4, 0.5) is 0 Å². The van der Waals surface area contributed by atoms with Gasteiger partial charge in [0.05, 0.1) is 19.5 Å². The molecular formula is C12H14O4S. The van der Waals surface area contributed by atoms with Crippen LogP contribution in [0.15, 0.2) is 24.3 Å². The summed E-state index contributed by atoms with van der Waals surface area (Å²) in [6.07, 6.45) is 0. The van der Waals surface area contributed by atoms with Gasteiger partial charge in [0.2, 0.25) is 5.12 Å². The van der Waals surface area contributed by atoms with Crippen molar-refractivity contribution in [3.63, 3.8) is 0 Å². The first kappa shape index (κ1) is 13.6. The molecule has 0 aliphatic heterocycles. The summed E-state index contributed by atoms with van der Waals surface area (Å²) >= 11 is 0.937. The maximum atomic E-state index is 11.7. The molecule has 0 unspecified atom stereocenters. The van der Waals surface area contributed by atoms with Crippen molar-refractivity contribution in [3.05, 3.63) is 29.8 Å². The van der Waals surface area contributed by atoms with Gasteiger partial charge in [0.25, 0.3) is 0 Å². The normalized spacial score (nSPS) is 9.76. The van der Waals surface area contributed by atoms with Crippen LogP contribution in [0, 0.1) is 0 Å². The summed E-state index contributed by atoms with van der Waals surface area (Å²) in [5.41, 5.74) is 0.542. The predicted octanol–water partition coefficient (Wildman–Crippen LogP) is 2.13. The highest BCUT2D eigenvalue weighted by Crippen LogP contribution is 2.16. The number of ether oxygens (including phenoxy) is 2. The Balaban J connectivity index is 2.49. The predicted molar refractivity (Wildman–Crippen MR) is 66.4 cm³/mol. The van der Waals surface area contributed by atoms with Gasteiger partial charge in [0.15, 0.2) is 0 Å². The van der Waals surface area contributed by atoms with E-state index in [2.05, 4.69) is 0 Å². The third kappa shape index (κ3) is 4.48. The molecule has 1 aromatic rings. The molecule has 0 radical (unpaired) electrons. The van der Waals surface area contributed by atoms with Gasteiger partial charge in [-0.1, -0.05) is 11.8 Å². The Morgan fingerprint density at radius 2 is 1.88 bits per heavy atom. The summed E-state index contributed by atoms with van der Waals surface area (Å²) in [6, 6.07) is 6.74. The van der Waals surface area contributed by atoms with Crippen LogP contribution >= 0.6 is 11.8 Å². The molecule has 92 valence electrons. The molecule has 0 aliphatic carbocycles. The summed E-state index contributed by atoms with van der Waals surface area (Å²) in [6.45, 7) is 2.06. The van der Waals surface area contributed by atoms with Crippen LogP contribution in [0.2, 0.25) is 0 Å². The maximum absolute atomic E-state index is 11.7. The van der Waals surface area contributed by atoms with Crippen LogP contribution in [0.1, 0.15) is 17.3 Å². The third-order valence-electron chi connectivity index (χ3n) is 1.95. The van der Waals surface area contributed by atoms with E-state index in [1.54, 1.807) is 38.3 Å². The minimum Gasteiger partial charge on any atom is -0.497 e. The highest BCUT2D eigenvalue weighted by Gasteiger charge is 2.10. The van der Waals surface area contributed by atoms with E-state index in [4.69, 9.17) is 9.47 Å². The van der Waals surface area contributed by atoms with Crippen molar-refractivity contribution in [1.82, 2.24) is 0 Å². The van der Waals surface area contributed by atoms with E-state index in [-0.39, 0.29) is 16.8 Å². The number of carbonyl (C=O) groups excluding carboxylic acids is 2. The van der Waals surface area contributed by atoms with Crippen molar-refractivity contribution in [2.24, 2.45) is 0 Å². The number of esters is 1. The van der Waals surface area contributed by atoms with Crippen molar-refractivity contribution in [1.29, 1.82) is 0 Å². The van der Waals surface area contributed by atoms with Crippen molar-refractivity contribution in [2.45, 2.75) is 6.92 Å². The highest BCUT2D eigenvalue weighted by atomic mass is 32.2. The van der Waals surface area contributed by atoms with Gasteiger partial charge in [0, 0.05) is 5.56 Å². The molecule has 0 fully saturated rings. The van der Waals surface area contributed by atoms with E-state index in [0.29, 0.717) is 17.9 Å². The molecule has 0 atom stereocenters. The largest absolute Gasteiger partial charge is 0.497 e. The van der Waals surface area contributed by atoms with Crippen LogP contribution in [-0.4, -0.2) is 30.6 Å². The Kier molecular flexibility index (Phi) is 5.56. The zero-order valence-electron chi connectivity index (χ0n) is 9.76. The number of carbonyl (C=O) groups is 2. The average molecular weight is 254 g/mol. The van der Waals surface area contributed by atoms with Gasteiger partial charge >= 0.3 is 5.97 Å². The molecule has 0 N–H and O–H groups in total. The Labute approximate surface area is 104 Å². The SMILES string of the molecule is CCOC(=O)CSC(=O)c1ccc(OC)cc1. The molecule has 0 amide bonds. The minimum absolute atomic E-state index is 0.0404. The Morgan fingerprint density at radius 3 is 2.41 bits per heavy atom. The van der Waals surface area contributed by atoms with Gasteiger partial charge in [-0.05, 0) is 31.2 Å². The molecule has 0 aromatic heterocycles. The lowest BCUT2D eigenvalue weighted by Gasteiger charge is -2.03. The third-order valence-corrected chi connectivity index (χ3v) is 2.83. The van der Waals surface area contributed by atoms with Crippen molar-refractivity contribution >= 4 is 22.8 Å². The lowest BCUT2D eigenvalue weighted by Crippen LogP contribution is -2.08. The standard InChI is InChI=1S/C12H14O4S/c1-3-16-11(13)8-17-12(14)9-4-6-10(15-2)7-5-9/h4-7H,3,8H2,1-2H3. The second-order valence-corrected chi connectivity index (χ2v) is 4.06. The van der Waals surface area contributed by atoms with E-state index in [9.17, 15) is 9.59 Å². The quantitative estimate of drug-likeness (QED) is 0.753. The number of methoxy groups -OCH3 is 1. The number of rotatable bonds is 5. The van der Waals surface area contributed by atoms with Crippen molar-refractivity contribution < 1.29 is 19.1 Å². The molecule has 0 saturated carbocycles. The van der Waals surface area contributed by atoms with Crippen LogP contribution in [0.25, 0.3) is 0 Å². The lowest BCUT2D eigenvalue weighted by atomic mass is 10.2. The van der Waals surface area contributed by atoms with Crippen LogP contribution in [0.5, 0.6) is 5.75 Å². The topological polar surface area (TPSA) is 52.6 Å². The number of hydrogen-bond donors (Lipinski definition) is 0. The van der Waals surface area contributed by atoms with Crippen molar-refractivity contribution in [2.75, 3.05) is 19.5 Å². The summed E-state index contributed by atoms with van der Waals surface area (Å²) in [5.74, 6) is 0.356. The van der Waals surface area contributed by atoms with E-state index >= 15 is 0 Å². The van der Waals surface area contributed by atoms with Crippen LogP contribution in [0.3, 0.4) is 0 Å². The molecular weight excluding hydrogens is 240 g/mol. The van der Waals surface area contributed by atoms with E-state index in [0.717, 1.165) is 11.8 Å². The highest BCUT2D eigenvalue weighted by molar-refractivity contribution is 8.14. The molecule has 0 spiro atoms. The molecule has 0 bridgehead atoms. The average Bonchev–Trinajstić information content (AvgIpc) is 2.36. The van der Waals surface area contributed by atoms with Crippen molar-refractivity contribution in [3.8, 4) is 5.75 Å². The number of benzene rings is 1. The molecule has 0 saturated heterocycles. The van der Waals surface area contributed by atoms with Gasteiger partial charge in [-0.25, -0.2) is 0 Å². The van der Waals surface area contributed by atoms with Gasteiger partial charge in [-0.15, -0.1) is 0 Å². The monoisotopic (exact) mass is 254 g/mol. The fourth-order valence-corrected chi connectivity index (χ4v) is 1.77. The van der Waals surface area contributed by atoms with Gasteiger partial charge < -0.3 is 9.47 Å². The smallest absolute Gasteiger partial charge is 0.316 e. The summed E-state index contributed by atoms with van der Waals surface area (Å²) in [5, 5.41) is -0.152. The first-order chi connectivity index (χ1) is 8.17. The molecule has 5 heteroatoms. The van der Waals surface area contributed by atoms with E-state index in [1.165, 1.54) is 0 Å². The fraction of sp³-hybridized carbons (Fsp3) is 0.333. The van der Waals surface area contributed by atoms with E-state index in [1.807, 2.05) is 0 Å². The fourth-order valence-electron chi connectivity index (χ4n) is 1.14. The van der Waals surface area contributed by atoms with Crippen LogP contribution < -0.4 is 4.74 Å². The molecule has 0 heterocycles.